The number of aryl methyl sites for hydroxylation is 1. The number of hydrogen-bond acceptors (Lipinski definition) is 2. The first-order chi connectivity index (χ1) is 10.9. The molecule has 2 aromatic rings. The molecule has 1 N–H and O–H groups in total. The Balaban J connectivity index is 2.07. The van der Waals surface area contributed by atoms with Crippen LogP contribution in [0.3, 0.4) is 0 Å². The highest BCUT2D eigenvalue weighted by Crippen LogP contribution is 2.20. The molecule has 0 aliphatic heterocycles. The molecule has 0 spiro atoms. The number of rotatable bonds is 6. The zero-order chi connectivity index (χ0) is 16.9. The van der Waals surface area contributed by atoms with Gasteiger partial charge in [-0.15, -0.1) is 0 Å². The van der Waals surface area contributed by atoms with Gasteiger partial charge in [-0.2, -0.15) is 0 Å². The van der Waals surface area contributed by atoms with Crippen LogP contribution in [0.4, 0.5) is 0 Å². The van der Waals surface area contributed by atoms with Crippen molar-refractivity contribution in [2.45, 2.75) is 39.7 Å². The molecule has 23 heavy (non-hydrogen) atoms. The van der Waals surface area contributed by atoms with Crippen molar-refractivity contribution in [2.24, 2.45) is 0 Å². The highest BCUT2D eigenvalue weighted by atomic mass is 16.5. The van der Waals surface area contributed by atoms with Crippen molar-refractivity contribution in [1.29, 1.82) is 0 Å². The third kappa shape index (κ3) is 4.85. The number of carbonyl (C=O) groups excluding carboxylic acids is 1. The topological polar surface area (TPSA) is 38.3 Å². The average molecular weight is 311 g/mol. The molecule has 0 atom stereocenters. The van der Waals surface area contributed by atoms with Crippen molar-refractivity contribution >= 4 is 5.91 Å². The number of benzene rings is 2. The number of ether oxygens (including phenoxy) is 1. The van der Waals surface area contributed by atoms with Crippen LogP contribution in [0.1, 0.15) is 42.3 Å². The molecule has 0 aromatic heterocycles. The van der Waals surface area contributed by atoms with Crippen molar-refractivity contribution in [3.8, 4) is 5.75 Å². The van der Waals surface area contributed by atoms with Crippen LogP contribution >= 0.6 is 0 Å². The molecule has 0 aliphatic carbocycles. The van der Waals surface area contributed by atoms with E-state index >= 15 is 0 Å². The van der Waals surface area contributed by atoms with Crippen LogP contribution in [0, 0.1) is 6.92 Å². The molecule has 0 aliphatic rings. The predicted octanol–water partition coefficient (Wildman–Crippen LogP) is 4.14. The Hall–Kier alpha value is -2.29. The van der Waals surface area contributed by atoms with Gasteiger partial charge in [0, 0.05) is 11.1 Å². The second kappa shape index (κ2) is 7.32. The van der Waals surface area contributed by atoms with E-state index in [0.29, 0.717) is 12.2 Å². The van der Waals surface area contributed by atoms with Crippen LogP contribution in [-0.2, 0) is 6.42 Å². The molecule has 122 valence electrons. The minimum atomic E-state index is -0.315. The van der Waals surface area contributed by atoms with E-state index in [1.165, 1.54) is 5.56 Å². The third-order valence-corrected chi connectivity index (χ3v) is 3.68. The fourth-order valence-corrected chi connectivity index (χ4v) is 2.64. The lowest BCUT2D eigenvalue weighted by atomic mass is 9.94. The highest BCUT2D eigenvalue weighted by Gasteiger charge is 2.22. The Morgan fingerprint density at radius 2 is 1.83 bits per heavy atom. The molecule has 0 fully saturated rings. The molecule has 1 amide bonds. The maximum absolute atomic E-state index is 12.5. The van der Waals surface area contributed by atoms with E-state index in [-0.39, 0.29) is 11.4 Å². The quantitative estimate of drug-likeness (QED) is 0.870. The monoisotopic (exact) mass is 311 g/mol. The summed E-state index contributed by atoms with van der Waals surface area (Å²) < 4.78 is 5.52. The second-order valence-corrected chi connectivity index (χ2v) is 6.41. The molecule has 2 aromatic carbocycles. The SMILES string of the molecule is CCOc1ccc(C(=O)NC(C)(C)Cc2ccccc2)cc1C. The molecule has 0 radical (unpaired) electrons. The second-order valence-electron chi connectivity index (χ2n) is 6.41. The summed E-state index contributed by atoms with van der Waals surface area (Å²) in [4.78, 5) is 12.5. The lowest BCUT2D eigenvalue weighted by molar-refractivity contribution is 0.0913. The molecule has 0 unspecified atom stereocenters. The van der Waals surface area contributed by atoms with Crippen LogP contribution in [-0.4, -0.2) is 18.1 Å². The number of carbonyl (C=O) groups is 1. The lowest BCUT2D eigenvalue weighted by Gasteiger charge is -2.26. The summed E-state index contributed by atoms with van der Waals surface area (Å²) in [6, 6.07) is 15.7. The zero-order valence-electron chi connectivity index (χ0n) is 14.3. The van der Waals surface area contributed by atoms with Crippen LogP contribution < -0.4 is 10.1 Å². The summed E-state index contributed by atoms with van der Waals surface area (Å²) in [5, 5.41) is 3.12. The Labute approximate surface area is 138 Å². The van der Waals surface area contributed by atoms with Gasteiger partial charge in [0.2, 0.25) is 0 Å². The van der Waals surface area contributed by atoms with E-state index in [1.807, 2.05) is 64.1 Å². The molecular weight excluding hydrogens is 286 g/mol. The van der Waals surface area contributed by atoms with Crippen LogP contribution in [0.2, 0.25) is 0 Å². The van der Waals surface area contributed by atoms with Gasteiger partial charge in [0.15, 0.2) is 0 Å². The van der Waals surface area contributed by atoms with Gasteiger partial charge in [0.1, 0.15) is 5.75 Å². The lowest BCUT2D eigenvalue weighted by Crippen LogP contribution is -2.45. The summed E-state index contributed by atoms with van der Waals surface area (Å²) in [5.74, 6) is 0.768. The zero-order valence-corrected chi connectivity index (χ0v) is 14.3. The van der Waals surface area contributed by atoms with Crippen molar-refractivity contribution in [3.05, 3.63) is 65.2 Å². The minimum absolute atomic E-state index is 0.0583. The van der Waals surface area contributed by atoms with E-state index in [1.54, 1.807) is 0 Å². The predicted molar refractivity (Wildman–Crippen MR) is 94.0 cm³/mol. The summed E-state index contributed by atoms with van der Waals surface area (Å²) in [6.45, 7) is 8.61. The van der Waals surface area contributed by atoms with Crippen molar-refractivity contribution < 1.29 is 9.53 Å². The molecule has 0 heterocycles. The highest BCUT2D eigenvalue weighted by molar-refractivity contribution is 5.95. The number of amides is 1. The Bertz CT molecular complexity index is 663. The minimum Gasteiger partial charge on any atom is -0.494 e. The van der Waals surface area contributed by atoms with Gasteiger partial charge in [0.25, 0.3) is 5.91 Å². The fraction of sp³-hybridized carbons (Fsp3) is 0.350. The smallest absolute Gasteiger partial charge is 0.251 e. The van der Waals surface area contributed by atoms with Gasteiger partial charge in [-0.05, 0) is 63.4 Å². The van der Waals surface area contributed by atoms with E-state index in [2.05, 4.69) is 17.4 Å². The number of hydrogen-bond donors (Lipinski definition) is 1. The first kappa shape index (κ1) is 17.1. The van der Waals surface area contributed by atoms with Crippen LogP contribution in [0.5, 0.6) is 5.75 Å². The molecular formula is C20H25NO2. The van der Waals surface area contributed by atoms with E-state index < -0.39 is 0 Å². The Morgan fingerprint density at radius 1 is 1.13 bits per heavy atom. The summed E-state index contributed by atoms with van der Waals surface area (Å²) in [5.41, 5.74) is 2.53. The largest absolute Gasteiger partial charge is 0.494 e. The molecule has 0 saturated heterocycles. The van der Waals surface area contributed by atoms with Crippen molar-refractivity contribution in [3.63, 3.8) is 0 Å². The van der Waals surface area contributed by atoms with E-state index in [9.17, 15) is 4.79 Å². The average Bonchev–Trinajstić information content (AvgIpc) is 2.49. The summed E-state index contributed by atoms with van der Waals surface area (Å²) >= 11 is 0. The standard InChI is InChI=1S/C20H25NO2/c1-5-23-18-12-11-17(13-15(18)2)19(22)21-20(3,4)14-16-9-7-6-8-10-16/h6-13H,5,14H2,1-4H3,(H,21,22). The normalized spacial score (nSPS) is 11.1. The van der Waals surface area contributed by atoms with Gasteiger partial charge < -0.3 is 10.1 Å². The summed E-state index contributed by atoms with van der Waals surface area (Å²) in [6.07, 6.45) is 0.787. The third-order valence-electron chi connectivity index (χ3n) is 3.68. The first-order valence-electron chi connectivity index (χ1n) is 8.01. The molecule has 2 rings (SSSR count). The maximum atomic E-state index is 12.5. The van der Waals surface area contributed by atoms with E-state index in [0.717, 1.165) is 17.7 Å². The Kier molecular flexibility index (Phi) is 5.43. The molecule has 3 heteroatoms. The van der Waals surface area contributed by atoms with Crippen molar-refractivity contribution in [2.75, 3.05) is 6.61 Å². The van der Waals surface area contributed by atoms with Gasteiger partial charge in [0.05, 0.1) is 6.61 Å². The Morgan fingerprint density at radius 3 is 2.43 bits per heavy atom. The fourth-order valence-electron chi connectivity index (χ4n) is 2.64. The van der Waals surface area contributed by atoms with Crippen molar-refractivity contribution in [1.82, 2.24) is 5.32 Å². The molecule has 3 nitrogen and oxygen atoms in total. The number of nitrogens with one attached hydrogen (secondary N) is 1. The molecule has 0 saturated carbocycles. The van der Waals surface area contributed by atoms with Crippen LogP contribution in [0.15, 0.2) is 48.5 Å². The van der Waals surface area contributed by atoms with Gasteiger partial charge >= 0.3 is 0 Å². The summed E-state index contributed by atoms with van der Waals surface area (Å²) in [7, 11) is 0. The molecule has 0 bridgehead atoms. The first-order valence-corrected chi connectivity index (χ1v) is 8.01. The van der Waals surface area contributed by atoms with Gasteiger partial charge in [-0.25, -0.2) is 0 Å². The van der Waals surface area contributed by atoms with Gasteiger partial charge in [-0.3, -0.25) is 4.79 Å². The van der Waals surface area contributed by atoms with Gasteiger partial charge in [-0.1, -0.05) is 30.3 Å². The van der Waals surface area contributed by atoms with E-state index in [4.69, 9.17) is 4.74 Å². The van der Waals surface area contributed by atoms with Crippen LogP contribution in [0.25, 0.3) is 0 Å². The maximum Gasteiger partial charge on any atom is 0.251 e.